The van der Waals surface area contributed by atoms with Gasteiger partial charge >= 0.3 is 0 Å². The van der Waals surface area contributed by atoms with Crippen LogP contribution in [0, 0.1) is 72.8 Å². The van der Waals surface area contributed by atoms with E-state index in [4.69, 9.17) is 56.8 Å². The first-order valence-corrected chi connectivity index (χ1v) is 22.5. The van der Waals surface area contributed by atoms with Crippen LogP contribution >= 0.6 is 0 Å². The third-order valence-electron chi connectivity index (χ3n) is 10.3. The zero-order valence-corrected chi connectivity index (χ0v) is 78.4. The van der Waals surface area contributed by atoms with Crippen LogP contribution in [0.3, 0.4) is 0 Å². The molecule has 10 rings (SSSR count). The molecular weight excluding hydrogens is 1930 g/mol. The first-order chi connectivity index (χ1) is 33.6. The predicted octanol–water partition coefficient (Wildman–Crippen LogP) is 6.28. The quantitative estimate of drug-likeness (QED) is 0.0238. The van der Waals surface area contributed by atoms with Crippen molar-refractivity contribution < 1.29 is 449 Å². The van der Waals surface area contributed by atoms with Crippen LogP contribution in [0.4, 0.5) is 0 Å². The van der Waals surface area contributed by atoms with E-state index >= 15 is 0 Å². The molecule has 24 heteroatoms. The molecule has 0 amide bonds. The number of epoxide rings is 4. The second-order valence-electron chi connectivity index (χ2n) is 16.1. The summed E-state index contributed by atoms with van der Waals surface area (Å²) in [7, 11) is 0. The van der Waals surface area contributed by atoms with Gasteiger partial charge in [-0.15, -0.1) is 34.5 Å². The van der Waals surface area contributed by atoms with Crippen molar-refractivity contribution in [3.8, 4) is 34.5 Å². The summed E-state index contributed by atoms with van der Waals surface area (Å²) in [6.07, 6.45) is 3.16. The van der Waals surface area contributed by atoms with Gasteiger partial charge in [-0.3, -0.25) is 106 Å². The first-order valence-electron chi connectivity index (χ1n) is 22.5. The minimum atomic E-state index is 0. The van der Waals surface area contributed by atoms with Gasteiger partial charge in [-0.2, -0.15) is 19.3 Å². The van der Waals surface area contributed by atoms with Crippen molar-refractivity contribution in [3.63, 3.8) is 0 Å². The fraction of sp³-hybridized carbons (Fsp3) is 0.357. The number of rotatable bonds is 28. The number of hydrogen-bond donors (Lipinski definition) is 0. The smallest absolute Gasteiger partial charge is 0.219 e. The average Bonchev–Trinajstić information content (AvgIpc) is 4.15. The van der Waals surface area contributed by atoms with Crippen LogP contribution in [0.2, 0.25) is 0 Å². The van der Waals surface area contributed by atoms with E-state index in [0.717, 1.165) is 66.2 Å². The molecule has 4 unspecified atom stereocenters. The van der Waals surface area contributed by atoms with Crippen LogP contribution in [-0.4, -0.2) is 110 Å². The van der Waals surface area contributed by atoms with Gasteiger partial charge in [-0.1, -0.05) is 0 Å². The maximum Gasteiger partial charge on any atom is 0.219 e. The van der Waals surface area contributed by atoms with Crippen LogP contribution in [0.5, 0.6) is 34.5 Å². The molecule has 80 heavy (non-hydrogen) atoms. The Bertz CT molecular complexity index is 2240. The van der Waals surface area contributed by atoms with Gasteiger partial charge in [0.05, 0.1) is 52.9 Å². The van der Waals surface area contributed by atoms with Gasteiger partial charge in [0.2, 0.25) is 6.79 Å². The van der Waals surface area contributed by atoms with E-state index in [1.54, 1.807) is 0 Å². The van der Waals surface area contributed by atoms with Crippen LogP contribution in [0.1, 0.15) is 33.4 Å². The Morgan fingerprint density at radius 3 is 0.700 bits per heavy atom. The molecule has 0 spiro atoms. The second-order valence-corrected chi connectivity index (χ2v) is 16.1. The molecule has 12 radical (unpaired) electrons. The van der Waals surface area contributed by atoms with E-state index < -0.39 is 0 Å². The van der Waals surface area contributed by atoms with Crippen molar-refractivity contribution in [1.29, 1.82) is 0 Å². The van der Waals surface area contributed by atoms with E-state index in [1.807, 2.05) is 72.8 Å². The van der Waals surface area contributed by atoms with Gasteiger partial charge in [0.25, 0.3) is 0 Å². The van der Waals surface area contributed by atoms with Gasteiger partial charge in [-0.05, 0) is 0 Å². The van der Waals surface area contributed by atoms with Crippen LogP contribution in [0.25, 0.3) is 0 Å². The minimum absolute atomic E-state index is 0. The Balaban J connectivity index is -0.000000646. The van der Waals surface area contributed by atoms with Gasteiger partial charge in [0.1, 0.15) is 50.8 Å². The molecule has 0 saturated carbocycles. The summed E-state index contributed by atoms with van der Waals surface area (Å²) in [5, 5.41) is 0. The van der Waals surface area contributed by atoms with Crippen molar-refractivity contribution in [2.24, 2.45) is 0 Å². The van der Waals surface area contributed by atoms with E-state index in [1.165, 1.54) is 0 Å². The molecule has 6 aromatic carbocycles. The molecule has 4 aliphatic heterocycles. The second kappa shape index (κ2) is 54.4. The van der Waals surface area contributed by atoms with E-state index in [0.29, 0.717) is 100 Å². The standard InChI is InChI=1S/C33H24O6.C23H24O6.12Y/c1-9-28(34-19-32-21-36-32)10-2-24(1)17-26-5-13-30(14-6-26)38-23-39-31-15-7-27(8-16-31)18-25-3-11-29(12-4-25)35-20-33-22-37-33;1-5-20(26-11-9-24-14-22-16-28-22)6-2-18(1)13-19-3-7-21(8-4-19)27-12-10-25-15-23-17-29-23;;;;;;;;;;;;/h1-8,32-33H,17-23H2;1-4,22-23H,9-17H2;;;;;;;;;;;;/q-8;-4;;;;;;;;;;;;. The summed E-state index contributed by atoms with van der Waals surface area (Å²) in [5.74, 6) is 3.35. The van der Waals surface area contributed by atoms with Crippen LogP contribution < -0.4 is 28.4 Å². The van der Waals surface area contributed by atoms with E-state index in [9.17, 15) is 0 Å². The normalized spacial score (nSPS) is 15.6. The first kappa shape index (κ1) is 93.5. The summed E-state index contributed by atoms with van der Waals surface area (Å²) in [4.78, 5) is 0. The van der Waals surface area contributed by atoms with Gasteiger partial charge in [0.15, 0.2) is 0 Å². The van der Waals surface area contributed by atoms with Gasteiger partial charge in [-0.25, -0.2) is 0 Å². The SMILES string of the molecule is [Y].[Y].[Y].[Y].[Y].[Y].[Y].[Y].[Y].[Y].[Y].[Y].[c-]1cc(Cc2c[c-]c(OCC3CO3)[c-]c2)c[c-]c1OCOc1[c-]cc(Cc2c[c-]c(OCC3CO3)[c-]c2)c[c-]1.[c-]1cc(Cc2c[c-]c(OCCOCC3CO3)[c-]c2)c[c-]c1OCCOCC1CO1. The molecule has 0 bridgehead atoms. The van der Waals surface area contributed by atoms with Gasteiger partial charge < -0.3 is 130 Å². The largest absolute Gasteiger partial charge is 0.542 e. The molecule has 4 fully saturated rings. The molecule has 4 atom stereocenters. The third-order valence-corrected chi connectivity index (χ3v) is 10.3. The molecule has 6 aromatic rings. The summed E-state index contributed by atoms with van der Waals surface area (Å²) in [6, 6.07) is 60.0. The summed E-state index contributed by atoms with van der Waals surface area (Å²) >= 11 is 0. The Kier molecular flexibility index (Phi) is 63.6. The molecule has 4 heterocycles. The van der Waals surface area contributed by atoms with Crippen molar-refractivity contribution in [3.05, 3.63) is 179 Å². The third kappa shape index (κ3) is 39.7. The summed E-state index contributed by atoms with van der Waals surface area (Å²) in [5.41, 5.74) is 6.41. The van der Waals surface area contributed by atoms with Crippen LogP contribution in [0.15, 0.2) is 72.8 Å². The Labute approximate surface area is 775 Å². The fourth-order valence-electron chi connectivity index (χ4n) is 6.21. The number of hydrogen-bond acceptors (Lipinski definition) is 12. The van der Waals surface area contributed by atoms with Crippen molar-refractivity contribution >= 4 is 0 Å². The minimum Gasteiger partial charge on any atom is -0.542 e. The summed E-state index contributed by atoms with van der Waals surface area (Å²) < 4.78 is 64.8. The van der Waals surface area contributed by atoms with Crippen LogP contribution in [-0.2, 0) is 440 Å². The predicted molar refractivity (Wildman–Crippen MR) is 242 cm³/mol. The van der Waals surface area contributed by atoms with Crippen molar-refractivity contribution in [1.82, 2.24) is 0 Å². The zero-order valence-electron chi connectivity index (χ0n) is 44.4. The molecule has 0 N–H and O–H groups in total. The molecule has 4 aliphatic rings. The molecular formula is C56H48O12Y12-12. The molecule has 0 aliphatic carbocycles. The number of benzene rings is 6. The van der Waals surface area contributed by atoms with Crippen molar-refractivity contribution in [2.75, 3.05) is 86.1 Å². The maximum absolute atomic E-state index is 5.62. The molecule has 4 saturated heterocycles. The van der Waals surface area contributed by atoms with E-state index in [2.05, 4.69) is 72.8 Å². The Hall–Kier alpha value is 7.13. The van der Waals surface area contributed by atoms with E-state index in [-0.39, 0.29) is 424 Å². The Morgan fingerprint density at radius 1 is 0.275 bits per heavy atom. The molecule has 12 nitrogen and oxygen atoms in total. The monoisotopic (exact) mass is 1980 g/mol. The Morgan fingerprint density at radius 2 is 0.475 bits per heavy atom. The van der Waals surface area contributed by atoms with Crippen molar-refractivity contribution in [2.45, 2.75) is 43.7 Å². The average molecular weight is 1980 g/mol. The zero-order chi connectivity index (χ0) is 46.0. The topological polar surface area (TPSA) is 124 Å². The fourth-order valence-corrected chi connectivity index (χ4v) is 6.21. The van der Waals surface area contributed by atoms with Gasteiger partial charge in [0, 0.05) is 393 Å². The summed E-state index contributed by atoms with van der Waals surface area (Å²) in [6.45, 7) is 7.53. The molecule has 0 aromatic heterocycles. The number of ether oxygens (including phenoxy) is 12. The maximum atomic E-state index is 5.62. The molecule has 392 valence electrons.